The second-order valence-electron chi connectivity index (χ2n) is 8.83. The van der Waals surface area contributed by atoms with Gasteiger partial charge in [0.2, 0.25) is 0 Å². The van der Waals surface area contributed by atoms with Gasteiger partial charge >= 0.3 is 0 Å². The lowest BCUT2D eigenvalue weighted by Gasteiger charge is -2.58. The van der Waals surface area contributed by atoms with Crippen molar-refractivity contribution in [1.29, 1.82) is 0 Å². The molecule has 0 aliphatic heterocycles. The van der Waals surface area contributed by atoms with Crippen molar-refractivity contribution in [3.8, 4) is 0 Å². The van der Waals surface area contributed by atoms with Gasteiger partial charge in [-0.1, -0.05) is 19.8 Å². The molecule has 5 aliphatic carbocycles. The molecule has 1 atom stereocenters. The van der Waals surface area contributed by atoms with Crippen LogP contribution in [-0.2, 0) is 0 Å². The molecule has 5 rings (SSSR count). The third kappa shape index (κ3) is 2.45. The smallest absolute Gasteiger partial charge is 0.0100 e. The molecule has 5 aliphatic rings. The van der Waals surface area contributed by atoms with E-state index in [0.717, 1.165) is 35.1 Å². The Morgan fingerprint density at radius 2 is 1.50 bits per heavy atom. The SMILES string of the molecule is CCNC(CC12CC3CC(CC(C3)C1)C2)C1CCCC1. The average Bonchev–Trinajstić information content (AvgIpc) is 2.90. The number of hydrogen-bond acceptors (Lipinski definition) is 1. The molecule has 0 amide bonds. The highest BCUT2D eigenvalue weighted by molar-refractivity contribution is 5.03. The van der Waals surface area contributed by atoms with Gasteiger partial charge in [-0.15, -0.1) is 0 Å². The highest BCUT2D eigenvalue weighted by Gasteiger charge is 2.51. The molecule has 0 spiro atoms. The first-order chi connectivity index (χ1) is 9.76. The molecule has 114 valence electrons. The van der Waals surface area contributed by atoms with Gasteiger partial charge in [0.15, 0.2) is 0 Å². The van der Waals surface area contributed by atoms with Gasteiger partial charge in [0, 0.05) is 6.04 Å². The van der Waals surface area contributed by atoms with Crippen LogP contribution in [0.2, 0.25) is 0 Å². The van der Waals surface area contributed by atoms with Crippen LogP contribution in [-0.4, -0.2) is 12.6 Å². The van der Waals surface area contributed by atoms with Gasteiger partial charge in [-0.3, -0.25) is 0 Å². The lowest BCUT2D eigenvalue weighted by molar-refractivity contribution is -0.0647. The summed E-state index contributed by atoms with van der Waals surface area (Å²) in [6.07, 6.45) is 17.1. The van der Waals surface area contributed by atoms with Crippen LogP contribution in [0.4, 0.5) is 0 Å². The van der Waals surface area contributed by atoms with Gasteiger partial charge in [-0.25, -0.2) is 0 Å². The minimum absolute atomic E-state index is 0.768. The van der Waals surface area contributed by atoms with Crippen molar-refractivity contribution in [1.82, 2.24) is 5.32 Å². The molecular weight excluding hydrogens is 242 g/mol. The number of rotatable bonds is 5. The number of nitrogens with one attached hydrogen (secondary N) is 1. The summed E-state index contributed by atoms with van der Waals surface area (Å²) in [5.74, 6) is 4.36. The summed E-state index contributed by atoms with van der Waals surface area (Å²) in [4.78, 5) is 0. The van der Waals surface area contributed by atoms with Crippen molar-refractivity contribution < 1.29 is 0 Å². The molecule has 0 aromatic carbocycles. The number of hydrogen-bond donors (Lipinski definition) is 1. The van der Waals surface area contributed by atoms with E-state index < -0.39 is 0 Å². The Balaban J connectivity index is 1.48. The largest absolute Gasteiger partial charge is 0.314 e. The Bertz CT molecular complexity index is 306. The third-order valence-corrected chi connectivity index (χ3v) is 7.25. The maximum atomic E-state index is 3.90. The maximum absolute atomic E-state index is 3.90. The van der Waals surface area contributed by atoms with Crippen molar-refractivity contribution >= 4 is 0 Å². The van der Waals surface area contributed by atoms with Crippen LogP contribution in [0.15, 0.2) is 0 Å². The zero-order chi connectivity index (χ0) is 13.6. The fourth-order valence-corrected chi connectivity index (χ4v) is 7.03. The van der Waals surface area contributed by atoms with Crippen molar-refractivity contribution in [2.24, 2.45) is 29.1 Å². The first-order valence-electron chi connectivity index (χ1n) is 9.50. The molecule has 5 saturated carbocycles. The zero-order valence-corrected chi connectivity index (χ0v) is 13.4. The third-order valence-electron chi connectivity index (χ3n) is 7.25. The molecule has 0 aromatic rings. The van der Waals surface area contributed by atoms with Gasteiger partial charge in [0.1, 0.15) is 0 Å². The van der Waals surface area contributed by atoms with Crippen molar-refractivity contribution in [2.75, 3.05) is 6.54 Å². The summed E-state index contributed by atoms with van der Waals surface area (Å²) in [5.41, 5.74) is 0.768. The molecule has 5 fully saturated rings. The molecule has 1 heteroatoms. The molecular formula is C19H33N. The molecule has 0 aromatic heterocycles. The van der Waals surface area contributed by atoms with Crippen LogP contribution in [0.3, 0.4) is 0 Å². The molecule has 1 nitrogen and oxygen atoms in total. The topological polar surface area (TPSA) is 12.0 Å². The van der Waals surface area contributed by atoms with E-state index in [0.29, 0.717) is 0 Å². The first-order valence-corrected chi connectivity index (χ1v) is 9.50. The monoisotopic (exact) mass is 275 g/mol. The molecule has 4 bridgehead atoms. The Labute approximate surface area is 125 Å². The highest BCUT2D eigenvalue weighted by Crippen LogP contribution is 2.62. The molecule has 1 unspecified atom stereocenters. The predicted octanol–water partition coefficient (Wildman–Crippen LogP) is 4.76. The second-order valence-corrected chi connectivity index (χ2v) is 8.83. The summed E-state index contributed by atoms with van der Waals surface area (Å²) in [6, 6.07) is 0.846. The average molecular weight is 275 g/mol. The fourth-order valence-electron chi connectivity index (χ4n) is 7.03. The normalized spacial score (nSPS) is 45.1. The molecule has 1 N–H and O–H groups in total. The molecule has 0 saturated heterocycles. The standard InChI is InChI=1S/C19H33N/c1-2-20-18(17-5-3-4-6-17)13-19-10-14-7-15(11-19)9-16(8-14)12-19/h14-18,20H,2-13H2,1H3. The lowest BCUT2D eigenvalue weighted by Crippen LogP contribution is -2.50. The van der Waals surface area contributed by atoms with Crippen LogP contribution < -0.4 is 5.32 Å². The molecule has 20 heavy (non-hydrogen) atoms. The van der Waals surface area contributed by atoms with E-state index in [4.69, 9.17) is 0 Å². The van der Waals surface area contributed by atoms with E-state index >= 15 is 0 Å². The van der Waals surface area contributed by atoms with Gasteiger partial charge in [-0.2, -0.15) is 0 Å². The fraction of sp³-hybridized carbons (Fsp3) is 1.00. The summed E-state index contributed by atoms with van der Waals surface area (Å²) < 4.78 is 0. The first kappa shape index (κ1) is 13.6. The van der Waals surface area contributed by atoms with E-state index in [1.165, 1.54) is 38.6 Å². The van der Waals surface area contributed by atoms with E-state index in [1.807, 2.05) is 0 Å². The van der Waals surface area contributed by atoms with Crippen LogP contribution in [0, 0.1) is 29.1 Å². The Kier molecular flexibility index (Phi) is 3.61. The highest BCUT2D eigenvalue weighted by atomic mass is 14.9. The van der Waals surface area contributed by atoms with E-state index in [9.17, 15) is 0 Å². The minimum Gasteiger partial charge on any atom is -0.314 e. The quantitative estimate of drug-likeness (QED) is 0.762. The second kappa shape index (κ2) is 5.30. The van der Waals surface area contributed by atoms with Crippen LogP contribution in [0.25, 0.3) is 0 Å². The Morgan fingerprint density at radius 3 is 2.00 bits per heavy atom. The molecule has 0 heterocycles. The Morgan fingerprint density at radius 1 is 0.950 bits per heavy atom. The van der Waals surface area contributed by atoms with Gasteiger partial charge < -0.3 is 5.32 Å². The van der Waals surface area contributed by atoms with Crippen molar-refractivity contribution in [2.45, 2.75) is 83.6 Å². The van der Waals surface area contributed by atoms with Gasteiger partial charge in [-0.05, 0) is 93.4 Å². The van der Waals surface area contributed by atoms with Gasteiger partial charge in [0.25, 0.3) is 0 Å². The predicted molar refractivity (Wildman–Crippen MR) is 84.6 cm³/mol. The van der Waals surface area contributed by atoms with Crippen LogP contribution >= 0.6 is 0 Å². The summed E-state index contributed by atoms with van der Waals surface area (Å²) in [7, 11) is 0. The van der Waals surface area contributed by atoms with Crippen molar-refractivity contribution in [3.05, 3.63) is 0 Å². The summed E-state index contributed by atoms with van der Waals surface area (Å²) >= 11 is 0. The van der Waals surface area contributed by atoms with Crippen LogP contribution in [0.5, 0.6) is 0 Å². The zero-order valence-electron chi connectivity index (χ0n) is 13.4. The minimum atomic E-state index is 0.768. The van der Waals surface area contributed by atoms with Crippen molar-refractivity contribution in [3.63, 3.8) is 0 Å². The maximum Gasteiger partial charge on any atom is 0.0100 e. The van der Waals surface area contributed by atoms with E-state index in [2.05, 4.69) is 12.2 Å². The molecule has 0 radical (unpaired) electrons. The van der Waals surface area contributed by atoms with E-state index in [-0.39, 0.29) is 0 Å². The lowest BCUT2D eigenvalue weighted by atomic mass is 9.48. The summed E-state index contributed by atoms with van der Waals surface area (Å²) in [6.45, 7) is 3.48. The Hall–Kier alpha value is -0.0400. The van der Waals surface area contributed by atoms with Gasteiger partial charge in [0.05, 0.1) is 0 Å². The van der Waals surface area contributed by atoms with Crippen LogP contribution in [0.1, 0.15) is 77.6 Å². The van der Waals surface area contributed by atoms with E-state index in [1.54, 1.807) is 38.5 Å². The summed E-state index contributed by atoms with van der Waals surface area (Å²) in [5, 5.41) is 3.90.